The van der Waals surface area contributed by atoms with Crippen molar-refractivity contribution in [2.45, 2.75) is 40.3 Å². The molecule has 0 amide bonds. The molecule has 0 saturated heterocycles. The Morgan fingerprint density at radius 3 is 2.50 bits per heavy atom. The SMILES string of the molecule is CCNc1ccc([N+](=O)[O-])cc1CN(C)C(C)C(C)C. The van der Waals surface area contributed by atoms with Crippen molar-refractivity contribution in [2.24, 2.45) is 5.92 Å². The Morgan fingerprint density at radius 2 is 2.00 bits per heavy atom. The Morgan fingerprint density at radius 1 is 1.35 bits per heavy atom. The third-order valence-electron chi connectivity index (χ3n) is 3.75. The lowest BCUT2D eigenvalue weighted by Gasteiger charge is -2.28. The molecule has 0 bridgehead atoms. The van der Waals surface area contributed by atoms with Gasteiger partial charge in [0.05, 0.1) is 4.92 Å². The van der Waals surface area contributed by atoms with Crippen molar-refractivity contribution in [3.63, 3.8) is 0 Å². The lowest BCUT2D eigenvalue weighted by molar-refractivity contribution is -0.384. The standard InChI is InChI=1S/C15H25N3O2/c1-6-16-15-8-7-14(18(19)20)9-13(15)10-17(5)12(4)11(2)3/h7-9,11-12,16H,6,10H2,1-5H3. The first kappa shape index (κ1) is 16.4. The molecular formula is C15H25N3O2. The summed E-state index contributed by atoms with van der Waals surface area (Å²) < 4.78 is 0. The average molecular weight is 279 g/mol. The summed E-state index contributed by atoms with van der Waals surface area (Å²) in [6, 6.07) is 5.43. The molecule has 1 unspecified atom stereocenters. The predicted molar refractivity (Wildman–Crippen MR) is 83.0 cm³/mol. The zero-order valence-electron chi connectivity index (χ0n) is 13.0. The van der Waals surface area contributed by atoms with Gasteiger partial charge >= 0.3 is 0 Å². The van der Waals surface area contributed by atoms with E-state index in [1.807, 2.05) is 6.92 Å². The van der Waals surface area contributed by atoms with E-state index in [1.165, 1.54) is 0 Å². The van der Waals surface area contributed by atoms with E-state index in [4.69, 9.17) is 0 Å². The van der Waals surface area contributed by atoms with Crippen molar-refractivity contribution >= 4 is 11.4 Å². The van der Waals surface area contributed by atoms with Gasteiger partial charge in [0.25, 0.3) is 5.69 Å². The van der Waals surface area contributed by atoms with Crippen molar-refractivity contribution in [1.82, 2.24) is 4.90 Å². The lowest BCUT2D eigenvalue weighted by Crippen LogP contribution is -2.32. The van der Waals surface area contributed by atoms with Crippen molar-refractivity contribution in [3.8, 4) is 0 Å². The summed E-state index contributed by atoms with van der Waals surface area (Å²) in [6.45, 7) is 10.1. The number of nitro groups is 1. The summed E-state index contributed by atoms with van der Waals surface area (Å²) in [5.41, 5.74) is 2.09. The van der Waals surface area contributed by atoms with E-state index in [0.29, 0.717) is 18.5 Å². The van der Waals surface area contributed by atoms with Crippen LogP contribution in [0.3, 0.4) is 0 Å². The monoisotopic (exact) mass is 279 g/mol. The molecule has 1 rings (SSSR count). The Bertz CT molecular complexity index is 460. The Hall–Kier alpha value is -1.62. The van der Waals surface area contributed by atoms with Crippen LogP contribution < -0.4 is 5.32 Å². The molecule has 0 radical (unpaired) electrons. The van der Waals surface area contributed by atoms with Crippen LogP contribution in [0.15, 0.2) is 18.2 Å². The van der Waals surface area contributed by atoms with E-state index in [1.54, 1.807) is 18.2 Å². The smallest absolute Gasteiger partial charge is 0.269 e. The van der Waals surface area contributed by atoms with Crippen LogP contribution in [0.25, 0.3) is 0 Å². The van der Waals surface area contributed by atoms with Crippen molar-refractivity contribution < 1.29 is 4.92 Å². The average Bonchev–Trinajstić information content (AvgIpc) is 2.39. The molecule has 0 aliphatic carbocycles. The molecule has 1 atom stereocenters. The molecule has 1 aromatic rings. The minimum atomic E-state index is -0.342. The maximum absolute atomic E-state index is 10.9. The van der Waals surface area contributed by atoms with Crippen LogP contribution in [0.1, 0.15) is 33.3 Å². The van der Waals surface area contributed by atoms with Crippen molar-refractivity contribution in [1.29, 1.82) is 0 Å². The Labute approximate surface area is 121 Å². The van der Waals surface area contributed by atoms with Crippen LogP contribution in [0.2, 0.25) is 0 Å². The molecule has 5 nitrogen and oxygen atoms in total. The van der Waals surface area contributed by atoms with Gasteiger partial charge in [-0.25, -0.2) is 0 Å². The van der Waals surface area contributed by atoms with Gasteiger partial charge in [-0.05, 0) is 38.4 Å². The molecule has 1 aromatic carbocycles. The topological polar surface area (TPSA) is 58.4 Å². The number of hydrogen-bond acceptors (Lipinski definition) is 4. The molecule has 20 heavy (non-hydrogen) atoms. The third kappa shape index (κ3) is 4.20. The van der Waals surface area contributed by atoms with Crippen LogP contribution in [-0.2, 0) is 6.54 Å². The molecule has 0 aromatic heterocycles. The molecule has 112 valence electrons. The zero-order valence-corrected chi connectivity index (χ0v) is 13.0. The van der Waals surface area contributed by atoms with Crippen molar-refractivity contribution in [2.75, 3.05) is 18.9 Å². The number of benzene rings is 1. The number of nitrogens with zero attached hydrogens (tertiary/aromatic N) is 2. The highest BCUT2D eigenvalue weighted by Gasteiger charge is 2.17. The Balaban J connectivity index is 3.00. The number of anilines is 1. The summed E-state index contributed by atoms with van der Waals surface area (Å²) >= 11 is 0. The maximum Gasteiger partial charge on any atom is 0.269 e. The molecule has 0 saturated carbocycles. The van der Waals surface area contributed by atoms with Crippen LogP contribution in [0.4, 0.5) is 11.4 Å². The molecule has 0 spiro atoms. The fourth-order valence-electron chi connectivity index (χ4n) is 2.11. The highest BCUT2D eigenvalue weighted by Crippen LogP contribution is 2.24. The van der Waals surface area contributed by atoms with Gasteiger partial charge in [0.1, 0.15) is 0 Å². The van der Waals surface area contributed by atoms with Gasteiger partial charge in [0, 0.05) is 37.0 Å². The highest BCUT2D eigenvalue weighted by molar-refractivity contribution is 5.56. The minimum Gasteiger partial charge on any atom is -0.385 e. The summed E-state index contributed by atoms with van der Waals surface area (Å²) in [6.07, 6.45) is 0. The number of nitrogens with one attached hydrogen (secondary N) is 1. The summed E-state index contributed by atoms with van der Waals surface area (Å²) in [7, 11) is 2.05. The summed E-state index contributed by atoms with van der Waals surface area (Å²) in [5.74, 6) is 0.543. The van der Waals surface area contributed by atoms with Crippen LogP contribution >= 0.6 is 0 Å². The quantitative estimate of drug-likeness (QED) is 0.613. The highest BCUT2D eigenvalue weighted by atomic mass is 16.6. The van der Waals surface area contributed by atoms with Gasteiger partial charge < -0.3 is 5.32 Å². The fraction of sp³-hybridized carbons (Fsp3) is 0.600. The molecule has 0 fully saturated rings. The van der Waals surface area contributed by atoms with E-state index in [0.717, 1.165) is 17.8 Å². The van der Waals surface area contributed by atoms with E-state index in [-0.39, 0.29) is 10.6 Å². The van der Waals surface area contributed by atoms with Crippen molar-refractivity contribution in [3.05, 3.63) is 33.9 Å². The van der Waals surface area contributed by atoms with Gasteiger partial charge in [-0.2, -0.15) is 0 Å². The molecule has 0 heterocycles. The minimum absolute atomic E-state index is 0.146. The first-order chi connectivity index (χ1) is 9.36. The van der Waals surface area contributed by atoms with E-state index >= 15 is 0 Å². The van der Waals surface area contributed by atoms with Crippen LogP contribution in [0.5, 0.6) is 0 Å². The van der Waals surface area contributed by atoms with Crippen LogP contribution in [0, 0.1) is 16.0 Å². The largest absolute Gasteiger partial charge is 0.385 e. The normalized spacial score (nSPS) is 12.8. The first-order valence-corrected chi connectivity index (χ1v) is 7.08. The van der Waals surface area contributed by atoms with Gasteiger partial charge in [0.2, 0.25) is 0 Å². The number of non-ortho nitro benzene ring substituents is 1. The zero-order chi connectivity index (χ0) is 15.3. The van der Waals surface area contributed by atoms with Crippen LogP contribution in [-0.4, -0.2) is 29.5 Å². The molecule has 1 N–H and O–H groups in total. The van der Waals surface area contributed by atoms with Gasteiger partial charge in [-0.3, -0.25) is 15.0 Å². The second-order valence-electron chi connectivity index (χ2n) is 5.53. The Kier molecular flexibility index (Phi) is 5.95. The van der Waals surface area contributed by atoms with Gasteiger partial charge in [-0.15, -0.1) is 0 Å². The van der Waals surface area contributed by atoms with E-state index in [2.05, 4.69) is 38.0 Å². The number of hydrogen-bond donors (Lipinski definition) is 1. The summed E-state index contributed by atoms with van der Waals surface area (Å²) in [4.78, 5) is 12.8. The molecule has 0 aliphatic rings. The number of nitro benzene ring substituents is 1. The van der Waals surface area contributed by atoms with E-state index in [9.17, 15) is 10.1 Å². The summed E-state index contributed by atoms with van der Waals surface area (Å²) in [5, 5.41) is 14.2. The number of rotatable bonds is 7. The third-order valence-corrected chi connectivity index (χ3v) is 3.75. The lowest BCUT2D eigenvalue weighted by atomic mass is 10.0. The second-order valence-corrected chi connectivity index (χ2v) is 5.53. The van der Waals surface area contributed by atoms with Gasteiger partial charge in [-0.1, -0.05) is 13.8 Å². The van der Waals surface area contributed by atoms with E-state index < -0.39 is 0 Å². The molecular weight excluding hydrogens is 254 g/mol. The molecule has 0 aliphatic heterocycles. The second kappa shape index (κ2) is 7.24. The fourth-order valence-corrected chi connectivity index (χ4v) is 2.11. The first-order valence-electron chi connectivity index (χ1n) is 7.08. The van der Waals surface area contributed by atoms with Gasteiger partial charge in [0.15, 0.2) is 0 Å². The molecule has 5 heteroatoms. The predicted octanol–water partition coefficient (Wildman–Crippen LogP) is 3.50. The maximum atomic E-state index is 10.9.